The van der Waals surface area contributed by atoms with Crippen LogP contribution in [0, 0.1) is 0 Å². The zero-order chi connectivity index (χ0) is 13.8. The minimum Gasteiger partial charge on any atom is -0.493 e. The number of benzene rings is 2. The third kappa shape index (κ3) is 3.50. The largest absolute Gasteiger partial charge is 0.493 e. The first-order valence-corrected chi connectivity index (χ1v) is 7.22. The zero-order valence-corrected chi connectivity index (χ0v) is 12.9. The van der Waals surface area contributed by atoms with Crippen LogP contribution in [-0.4, -0.2) is 6.61 Å². The standard InChI is InChI=1S/C15H15BrClNO/c1-2-19-14-7-6-11(9-13(14)16)15(18)10-4-3-5-12(17)8-10/h3-9,15H,2,18H2,1H3. The van der Waals surface area contributed by atoms with Gasteiger partial charge in [0.25, 0.3) is 0 Å². The molecule has 19 heavy (non-hydrogen) atoms. The summed E-state index contributed by atoms with van der Waals surface area (Å²) < 4.78 is 6.39. The molecule has 0 radical (unpaired) electrons. The van der Waals surface area contributed by atoms with Crippen LogP contribution in [0.25, 0.3) is 0 Å². The number of hydrogen-bond acceptors (Lipinski definition) is 2. The number of rotatable bonds is 4. The summed E-state index contributed by atoms with van der Waals surface area (Å²) in [6.07, 6.45) is 0. The van der Waals surface area contributed by atoms with Crippen LogP contribution in [0.1, 0.15) is 24.1 Å². The van der Waals surface area contributed by atoms with Crippen molar-refractivity contribution in [2.45, 2.75) is 13.0 Å². The summed E-state index contributed by atoms with van der Waals surface area (Å²) >= 11 is 9.49. The molecule has 2 rings (SSSR count). The molecule has 0 saturated heterocycles. The van der Waals surface area contributed by atoms with E-state index in [1.807, 2.05) is 49.4 Å². The number of hydrogen-bond donors (Lipinski definition) is 1. The van der Waals surface area contributed by atoms with E-state index in [1.54, 1.807) is 0 Å². The average Bonchev–Trinajstić information content (AvgIpc) is 2.40. The minimum atomic E-state index is -0.203. The minimum absolute atomic E-state index is 0.203. The molecule has 0 aromatic heterocycles. The number of ether oxygens (including phenoxy) is 1. The van der Waals surface area contributed by atoms with Gasteiger partial charge in [0.2, 0.25) is 0 Å². The maximum atomic E-state index is 6.26. The fraction of sp³-hybridized carbons (Fsp3) is 0.200. The second-order valence-corrected chi connectivity index (χ2v) is 5.45. The maximum absolute atomic E-state index is 6.26. The van der Waals surface area contributed by atoms with Crippen molar-refractivity contribution in [2.75, 3.05) is 6.61 Å². The van der Waals surface area contributed by atoms with E-state index in [-0.39, 0.29) is 6.04 Å². The SMILES string of the molecule is CCOc1ccc(C(N)c2cccc(Cl)c2)cc1Br. The third-order valence-electron chi connectivity index (χ3n) is 2.82. The molecule has 2 nitrogen and oxygen atoms in total. The Hall–Kier alpha value is -1.03. The second kappa shape index (κ2) is 6.42. The van der Waals surface area contributed by atoms with E-state index in [0.717, 1.165) is 21.3 Å². The lowest BCUT2D eigenvalue weighted by Crippen LogP contribution is -2.11. The lowest BCUT2D eigenvalue weighted by Gasteiger charge is -2.15. The predicted octanol–water partition coefficient (Wildman–Crippen LogP) is 4.55. The second-order valence-electron chi connectivity index (χ2n) is 4.16. The lowest BCUT2D eigenvalue weighted by atomic mass is 10.00. The first-order chi connectivity index (χ1) is 9.11. The molecule has 0 aliphatic carbocycles. The van der Waals surface area contributed by atoms with Crippen LogP contribution < -0.4 is 10.5 Å². The molecule has 1 atom stereocenters. The Labute approximate surface area is 126 Å². The van der Waals surface area contributed by atoms with Crippen LogP contribution >= 0.6 is 27.5 Å². The molecule has 0 fully saturated rings. The fourth-order valence-corrected chi connectivity index (χ4v) is 2.59. The number of nitrogens with two attached hydrogens (primary N) is 1. The van der Waals surface area contributed by atoms with E-state index in [0.29, 0.717) is 11.6 Å². The summed E-state index contributed by atoms with van der Waals surface area (Å²) in [6.45, 7) is 2.59. The Morgan fingerprint density at radius 2 is 1.95 bits per heavy atom. The van der Waals surface area contributed by atoms with Gasteiger partial charge in [-0.2, -0.15) is 0 Å². The van der Waals surface area contributed by atoms with Crippen LogP contribution in [-0.2, 0) is 0 Å². The quantitative estimate of drug-likeness (QED) is 0.886. The summed E-state index contributed by atoms with van der Waals surface area (Å²) in [5.41, 5.74) is 8.26. The molecule has 4 heteroatoms. The normalized spacial score (nSPS) is 12.2. The molecule has 0 heterocycles. The van der Waals surface area contributed by atoms with Gasteiger partial charge in [-0.1, -0.05) is 29.8 Å². The molecule has 2 aromatic carbocycles. The summed E-state index contributed by atoms with van der Waals surface area (Å²) in [6, 6.07) is 13.3. The molecule has 0 bridgehead atoms. The van der Waals surface area contributed by atoms with Gasteiger partial charge >= 0.3 is 0 Å². The van der Waals surface area contributed by atoms with Crippen LogP contribution in [0.15, 0.2) is 46.9 Å². The molecule has 0 aliphatic heterocycles. The van der Waals surface area contributed by atoms with E-state index in [4.69, 9.17) is 22.1 Å². The van der Waals surface area contributed by atoms with Crippen molar-refractivity contribution in [3.05, 3.63) is 63.1 Å². The molecule has 2 N–H and O–H groups in total. The third-order valence-corrected chi connectivity index (χ3v) is 3.68. The molecule has 0 aliphatic rings. The Morgan fingerprint density at radius 3 is 2.58 bits per heavy atom. The molecule has 0 amide bonds. The molecule has 100 valence electrons. The Kier molecular flexibility index (Phi) is 4.86. The number of halogens is 2. The monoisotopic (exact) mass is 339 g/mol. The van der Waals surface area contributed by atoms with E-state index in [2.05, 4.69) is 15.9 Å². The lowest BCUT2D eigenvalue weighted by molar-refractivity contribution is 0.338. The first kappa shape index (κ1) is 14.4. The van der Waals surface area contributed by atoms with Crippen LogP contribution in [0.4, 0.5) is 0 Å². The summed E-state index contributed by atoms with van der Waals surface area (Å²) in [7, 11) is 0. The molecule has 2 aromatic rings. The molecule has 1 unspecified atom stereocenters. The molecular weight excluding hydrogens is 326 g/mol. The van der Waals surface area contributed by atoms with Crippen LogP contribution in [0.3, 0.4) is 0 Å². The smallest absolute Gasteiger partial charge is 0.133 e. The summed E-state index contributed by atoms with van der Waals surface area (Å²) in [5, 5.41) is 0.693. The highest BCUT2D eigenvalue weighted by Gasteiger charge is 2.11. The summed E-state index contributed by atoms with van der Waals surface area (Å²) in [4.78, 5) is 0. The highest BCUT2D eigenvalue weighted by molar-refractivity contribution is 9.10. The average molecular weight is 341 g/mol. The highest BCUT2D eigenvalue weighted by atomic mass is 79.9. The van der Waals surface area contributed by atoms with Crippen molar-refractivity contribution < 1.29 is 4.74 Å². The molecular formula is C15H15BrClNO. The topological polar surface area (TPSA) is 35.2 Å². The van der Waals surface area contributed by atoms with Crippen molar-refractivity contribution in [1.29, 1.82) is 0 Å². The van der Waals surface area contributed by atoms with Gasteiger partial charge in [-0.15, -0.1) is 0 Å². The van der Waals surface area contributed by atoms with Crippen molar-refractivity contribution in [3.8, 4) is 5.75 Å². The molecule has 0 saturated carbocycles. The van der Waals surface area contributed by atoms with Crippen molar-refractivity contribution in [2.24, 2.45) is 5.73 Å². The van der Waals surface area contributed by atoms with Gasteiger partial charge in [0.15, 0.2) is 0 Å². The first-order valence-electron chi connectivity index (χ1n) is 6.05. The van der Waals surface area contributed by atoms with Gasteiger partial charge in [0.05, 0.1) is 17.1 Å². The summed E-state index contributed by atoms with van der Waals surface area (Å²) in [5.74, 6) is 0.824. The van der Waals surface area contributed by atoms with Gasteiger partial charge in [0.1, 0.15) is 5.75 Å². The van der Waals surface area contributed by atoms with Crippen molar-refractivity contribution >= 4 is 27.5 Å². The van der Waals surface area contributed by atoms with Gasteiger partial charge in [0, 0.05) is 5.02 Å². The van der Waals surface area contributed by atoms with E-state index >= 15 is 0 Å². The van der Waals surface area contributed by atoms with Crippen molar-refractivity contribution in [1.82, 2.24) is 0 Å². The Morgan fingerprint density at radius 1 is 1.21 bits per heavy atom. The van der Waals surface area contributed by atoms with E-state index < -0.39 is 0 Å². The van der Waals surface area contributed by atoms with Crippen LogP contribution in [0.2, 0.25) is 5.02 Å². The van der Waals surface area contributed by atoms with E-state index in [1.165, 1.54) is 0 Å². The predicted molar refractivity (Wildman–Crippen MR) is 82.8 cm³/mol. The van der Waals surface area contributed by atoms with Crippen LogP contribution in [0.5, 0.6) is 5.75 Å². The van der Waals surface area contributed by atoms with E-state index in [9.17, 15) is 0 Å². The molecule has 0 spiro atoms. The fourth-order valence-electron chi connectivity index (χ4n) is 1.88. The maximum Gasteiger partial charge on any atom is 0.133 e. The zero-order valence-electron chi connectivity index (χ0n) is 10.6. The van der Waals surface area contributed by atoms with Gasteiger partial charge < -0.3 is 10.5 Å². The van der Waals surface area contributed by atoms with Gasteiger partial charge in [-0.25, -0.2) is 0 Å². The Bertz CT molecular complexity index is 574. The van der Waals surface area contributed by atoms with Crippen molar-refractivity contribution in [3.63, 3.8) is 0 Å². The Balaban J connectivity index is 2.29. The van der Waals surface area contributed by atoms with Gasteiger partial charge in [-0.05, 0) is 58.2 Å². The van der Waals surface area contributed by atoms with Gasteiger partial charge in [-0.3, -0.25) is 0 Å². The highest BCUT2D eigenvalue weighted by Crippen LogP contribution is 2.30.